The van der Waals surface area contributed by atoms with Gasteiger partial charge in [0.25, 0.3) is 17.7 Å². The Morgan fingerprint density at radius 3 is 2.24 bits per heavy atom. The normalized spacial score (nSPS) is 29.0. The summed E-state index contributed by atoms with van der Waals surface area (Å²) in [7, 11) is 0. The molecule has 3 aliphatic heterocycles. The molecule has 192 valence electrons. The van der Waals surface area contributed by atoms with Crippen LogP contribution in [-0.2, 0) is 14.3 Å². The molecule has 0 radical (unpaired) electrons. The first-order valence-corrected chi connectivity index (χ1v) is 13.0. The maximum atomic E-state index is 13.0. The molecule has 2 aliphatic carbocycles. The van der Waals surface area contributed by atoms with Crippen LogP contribution < -0.4 is 10.2 Å². The molecule has 5 amide bonds. The van der Waals surface area contributed by atoms with E-state index in [1.54, 1.807) is 36.4 Å². The van der Waals surface area contributed by atoms with Gasteiger partial charge >= 0.3 is 0 Å². The van der Waals surface area contributed by atoms with Crippen LogP contribution in [0.1, 0.15) is 50.3 Å². The molecule has 5 atom stereocenters. The van der Waals surface area contributed by atoms with Gasteiger partial charge in [0.1, 0.15) is 0 Å². The largest absolute Gasteiger partial charge is 0.376 e. The van der Waals surface area contributed by atoms with E-state index < -0.39 is 11.8 Å². The van der Waals surface area contributed by atoms with E-state index in [4.69, 9.17) is 4.74 Å². The van der Waals surface area contributed by atoms with Crippen LogP contribution in [0, 0.1) is 23.7 Å². The van der Waals surface area contributed by atoms with Crippen LogP contribution in [0.25, 0.3) is 0 Å². The van der Waals surface area contributed by atoms with Gasteiger partial charge in [-0.3, -0.25) is 33.8 Å². The van der Waals surface area contributed by atoms with Gasteiger partial charge in [0.05, 0.1) is 41.3 Å². The fourth-order valence-corrected chi connectivity index (χ4v) is 6.65. The van der Waals surface area contributed by atoms with Crippen molar-refractivity contribution in [1.82, 2.24) is 4.90 Å². The van der Waals surface area contributed by atoms with Gasteiger partial charge in [0.2, 0.25) is 11.8 Å². The van der Waals surface area contributed by atoms with E-state index in [0.29, 0.717) is 29.1 Å². The molecule has 7 rings (SSSR count). The molecule has 2 aromatic rings. The van der Waals surface area contributed by atoms with Crippen LogP contribution in [0.4, 0.5) is 11.4 Å². The van der Waals surface area contributed by atoms with Crippen molar-refractivity contribution in [1.29, 1.82) is 0 Å². The van der Waals surface area contributed by atoms with Gasteiger partial charge in [-0.2, -0.15) is 0 Å². The van der Waals surface area contributed by atoms with Crippen molar-refractivity contribution in [3.63, 3.8) is 0 Å². The number of amides is 5. The Bertz CT molecular complexity index is 1410. The van der Waals surface area contributed by atoms with E-state index >= 15 is 0 Å². The molecule has 0 aromatic heterocycles. The van der Waals surface area contributed by atoms with Crippen molar-refractivity contribution in [3.05, 3.63) is 71.3 Å². The highest BCUT2D eigenvalue weighted by Crippen LogP contribution is 2.53. The molecule has 2 saturated heterocycles. The summed E-state index contributed by atoms with van der Waals surface area (Å²) in [4.78, 5) is 67.1. The lowest BCUT2D eigenvalue weighted by Crippen LogP contribution is -2.36. The summed E-state index contributed by atoms with van der Waals surface area (Å²) in [5.74, 6) is -1.79. The van der Waals surface area contributed by atoms with Gasteiger partial charge in [0, 0.05) is 17.9 Å². The minimum atomic E-state index is -0.414. The molecular weight excluding hydrogens is 486 g/mol. The van der Waals surface area contributed by atoms with Gasteiger partial charge in [0.15, 0.2) is 0 Å². The van der Waals surface area contributed by atoms with Gasteiger partial charge in [-0.05, 0) is 73.6 Å². The second kappa shape index (κ2) is 8.46. The van der Waals surface area contributed by atoms with Gasteiger partial charge < -0.3 is 10.1 Å². The van der Waals surface area contributed by atoms with E-state index in [1.807, 2.05) is 0 Å². The third kappa shape index (κ3) is 3.38. The number of nitrogens with one attached hydrogen (secondary N) is 1. The Morgan fingerprint density at radius 1 is 0.895 bits per heavy atom. The minimum absolute atomic E-state index is 0.133. The third-order valence-electron chi connectivity index (χ3n) is 8.50. The van der Waals surface area contributed by atoms with Crippen molar-refractivity contribution in [2.75, 3.05) is 23.4 Å². The van der Waals surface area contributed by atoms with Gasteiger partial charge in [-0.15, -0.1) is 0 Å². The summed E-state index contributed by atoms with van der Waals surface area (Å²) in [6.07, 6.45) is 6.56. The molecule has 9 heteroatoms. The monoisotopic (exact) mass is 511 g/mol. The van der Waals surface area contributed by atoms with Crippen LogP contribution >= 0.6 is 0 Å². The van der Waals surface area contributed by atoms with Crippen LogP contribution in [0.3, 0.4) is 0 Å². The molecule has 3 heterocycles. The summed E-state index contributed by atoms with van der Waals surface area (Å²) in [5, 5.41) is 2.77. The molecular formula is C29H25N3O6. The van der Waals surface area contributed by atoms with Crippen LogP contribution in [0.15, 0.2) is 54.6 Å². The number of fused-ring (bicyclic) bond motifs is 6. The van der Waals surface area contributed by atoms with Crippen molar-refractivity contribution < 1.29 is 28.7 Å². The molecule has 9 nitrogen and oxygen atoms in total. The quantitative estimate of drug-likeness (QED) is 0.488. The molecule has 3 fully saturated rings. The summed E-state index contributed by atoms with van der Waals surface area (Å²) >= 11 is 0. The predicted molar refractivity (Wildman–Crippen MR) is 135 cm³/mol. The first-order valence-electron chi connectivity index (χ1n) is 13.0. The summed E-state index contributed by atoms with van der Waals surface area (Å²) in [6.45, 7) is 0.858. The van der Waals surface area contributed by atoms with Crippen molar-refractivity contribution in [3.8, 4) is 0 Å². The zero-order chi connectivity index (χ0) is 26.1. The van der Waals surface area contributed by atoms with Crippen molar-refractivity contribution in [2.24, 2.45) is 23.7 Å². The molecule has 0 spiro atoms. The van der Waals surface area contributed by atoms with Crippen molar-refractivity contribution >= 4 is 40.9 Å². The zero-order valence-corrected chi connectivity index (χ0v) is 20.5. The van der Waals surface area contributed by atoms with E-state index in [0.717, 1.165) is 19.3 Å². The minimum Gasteiger partial charge on any atom is -0.376 e. The Balaban J connectivity index is 1.05. The number of nitrogens with zero attached hydrogens (tertiary/aromatic N) is 2. The summed E-state index contributed by atoms with van der Waals surface area (Å²) in [6, 6.07) is 11.0. The number of imide groups is 2. The fourth-order valence-electron chi connectivity index (χ4n) is 6.65. The molecule has 38 heavy (non-hydrogen) atoms. The molecule has 5 aliphatic rings. The van der Waals surface area contributed by atoms with Crippen LogP contribution in [0.5, 0.6) is 0 Å². The second-order valence-electron chi connectivity index (χ2n) is 10.6. The highest BCUT2D eigenvalue weighted by molar-refractivity contribution is 6.23. The Kier molecular flexibility index (Phi) is 5.13. The lowest BCUT2D eigenvalue weighted by atomic mass is 9.85. The highest BCUT2D eigenvalue weighted by atomic mass is 16.5. The standard InChI is InChI=1S/C29H25N3O6/c33-25(30-18-7-10-21-22(13-18)27(35)31(26(21)34)14-20-2-1-11-38-20)15-5-8-19(9-6-15)32-28(36)23-16-3-4-17(12-16)24(23)29(32)37/h3-10,13,16-17,20,23-24H,1-2,11-12,14H2,(H,30,33). The Hall–Kier alpha value is -4.11. The highest BCUT2D eigenvalue weighted by Gasteiger charge is 2.59. The topological polar surface area (TPSA) is 113 Å². The number of benzene rings is 2. The number of carbonyl (C=O) groups is 5. The number of ether oxygens (including phenoxy) is 1. The number of allylic oxidation sites excluding steroid dienone is 2. The Morgan fingerprint density at radius 2 is 1.58 bits per heavy atom. The molecule has 1 saturated carbocycles. The lowest BCUT2D eigenvalue weighted by Gasteiger charge is -2.17. The van der Waals surface area contributed by atoms with Crippen LogP contribution in [-0.4, -0.2) is 53.7 Å². The molecule has 2 aromatic carbocycles. The number of hydrogen-bond donors (Lipinski definition) is 1. The summed E-state index contributed by atoms with van der Waals surface area (Å²) < 4.78 is 5.57. The van der Waals surface area contributed by atoms with Crippen molar-refractivity contribution in [2.45, 2.75) is 25.4 Å². The first kappa shape index (κ1) is 23.0. The number of hydrogen-bond acceptors (Lipinski definition) is 6. The average Bonchev–Trinajstić information content (AvgIpc) is 3.74. The summed E-state index contributed by atoms with van der Waals surface area (Å²) in [5.41, 5.74) is 1.74. The molecule has 5 unspecified atom stereocenters. The van der Waals surface area contributed by atoms with Gasteiger partial charge in [-0.1, -0.05) is 12.2 Å². The maximum absolute atomic E-state index is 13.0. The first-order chi connectivity index (χ1) is 18.4. The zero-order valence-electron chi connectivity index (χ0n) is 20.5. The lowest BCUT2D eigenvalue weighted by molar-refractivity contribution is -0.123. The van der Waals surface area contributed by atoms with Crippen LogP contribution in [0.2, 0.25) is 0 Å². The predicted octanol–water partition coefficient (Wildman–Crippen LogP) is 3.03. The van der Waals surface area contributed by atoms with E-state index in [2.05, 4.69) is 17.5 Å². The Labute approximate surface area is 218 Å². The van der Waals surface area contributed by atoms with E-state index in [-0.39, 0.29) is 59.6 Å². The number of carbonyl (C=O) groups excluding carboxylic acids is 5. The van der Waals surface area contributed by atoms with E-state index in [9.17, 15) is 24.0 Å². The average molecular weight is 512 g/mol. The molecule has 1 N–H and O–H groups in total. The fraction of sp³-hybridized carbons (Fsp3) is 0.345. The maximum Gasteiger partial charge on any atom is 0.261 e. The van der Waals surface area contributed by atoms with Gasteiger partial charge in [-0.25, -0.2) is 0 Å². The SMILES string of the molecule is O=C(Nc1ccc2c(c1)C(=O)N(CC1CCCO1)C2=O)c1ccc(N2C(=O)C3C4C=CC(C4)C3C2=O)cc1. The number of anilines is 2. The molecule has 2 bridgehead atoms. The smallest absolute Gasteiger partial charge is 0.261 e. The second-order valence-corrected chi connectivity index (χ2v) is 10.6. The number of rotatable bonds is 5. The third-order valence-corrected chi connectivity index (χ3v) is 8.50. The van der Waals surface area contributed by atoms with E-state index in [1.165, 1.54) is 15.9 Å².